The molecule has 1 N–H and O–H groups in total. The van der Waals surface area contributed by atoms with E-state index in [0.717, 1.165) is 20.9 Å². The molecular weight excluding hydrogens is 411 g/mol. The summed E-state index contributed by atoms with van der Waals surface area (Å²) in [6.45, 7) is 4.95. The van der Waals surface area contributed by atoms with Crippen molar-refractivity contribution in [3.05, 3.63) is 51.8 Å². The van der Waals surface area contributed by atoms with Gasteiger partial charge in [-0.2, -0.15) is 18.3 Å². The van der Waals surface area contributed by atoms with Gasteiger partial charge in [0.15, 0.2) is 5.69 Å². The topological polar surface area (TPSA) is 46.9 Å². The van der Waals surface area contributed by atoms with Crippen LogP contribution in [0.5, 0.6) is 0 Å². The number of hydrogen-bond donors (Lipinski definition) is 1. The maximum atomic E-state index is 13.4. The van der Waals surface area contributed by atoms with E-state index in [1.165, 1.54) is 0 Å². The lowest BCUT2D eigenvalue weighted by molar-refractivity contribution is -0.145. The quantitative estimate of drug-likeness (QED) is 0.699. The van der Waals surface area contributed by atoms with Crippen LogP contribution in [0.15, 0.2) is 34.9 Å². The van der Waals surface area contributed by atoms with Crippen LogP contribution in [0.1, 0.15) is 54.8 Å². The number of aryl methyl sites for hydroxylation is 1. The van der Waals surface area contributed by atoms with Crippen molar-refractivity contribution in [2.45, 2.75) is 51.9 Å². The predicted octanol–water partition coefficient (Wildman–Crippen LogP) is 5.00. The summed E-state index contributed by atoms with van der Waals surface area (Å²) in [5.41, 5.74) is -0.357. The highest BCUT2D eigenvalue weighted by atomic mass is 79.9. The van der Waals surface area contributed by atoms with Gasteiger partial charge < -0.3 is 5.32 Å². The molecule has 26 heavy (non-hydrogen) atoms. The Bertz CT molecular complexity index is 754. The van der Waals surface area contributed by atoms with Crippen LogP contribution in [0.3, 0.4) is 0 Å². The smallest absolute Gasteiger partial charge is 0.349 e. The monoisotopic (exact) mass is 431 g/mol. The van der Waals surface area contributed by atoms with E-state index in [4.69, 9.17) is 0 Å². The first-order valence-electron chi connectivity index (χ1n) is 8.29. The second-order valence-electron chi connectivity index (χ2n) is 6.48. The molecule has 1 aromatic heterocycles. The standard InChI is InChI=1S/C18H21BrF3N3O/c1-11(2)25-16(18(20,21)22)15(10-23-25)17(26)24-12(3)4-5-13-6-8-14(19)9-7-13/h6-12H,4-5H2,1-3H3,(H,24,26)/t12-/m1/s1. The summed E-state index contributed by atoms with van der Waals surface area (Å²) in [5.74, 6) is -0.757. The molecule has 0 aliphatic carbocycles. The Kier molecular flexibility index (Phi) is 6.49. The number of carbonyl (C=O) groups is 1. The number of nitrogens with zero attached hydrogens (tertiary/aromatic N) is 2. The van der Waals surface area contributed by atoms with Crippen molar-refractivity contribution < 1.29 is 18.0 Å². The zero-order valence-corrected chi connectivity index (χ0v) is 16.4. The highest BCUT2D eigenvalue weighted by Crippen LogP contribution is 2.33. The average Bonchev–Trinajstić information content (AvgIpc) is 3.00. The Morgan fingerprint density at radius 1 is 1.23 bits per heavy atom. The van der Waals surface area contributed by atoms with Crippen molar-refractivity contribution in [1.29, 1.82) is 0 Å². The van der Waals surface area contributed by atoms with E-state index in [2.05, 4.69) is 26.3 Å². The van der Waals surface area contributed by atoms with Gasteiger partial charge >= 0.3 is 6.18 Å². The van der Waals surface area contributed by atoms with Crippen LogP contribution in [0, 0.1) is 0 Å². The summed E-state index contributed by atoms with van der Waals surface area (Å²) < 4.78 is 41.9. The van der Waals surface area contributed by atoms with Crippen molar-refractivity contribution in [2.24, 2.45) is 0 Å². The molecule has 2 aromatic rings. The second-order valence-corrected chi connectivity index (χ2v) is 7.40. The van der Waals surface area contributed by atoms with Crippen molar-refractivity contribution in [2.75, 3.05) is 0 Å². The summed E-state index contributed by atoms with van der Waals surface area (Å²) >= 11 is 3.36. The molecule has 0 fully saturated rings. The summed E-state index contributed by atoms with van der Waals surface area (Å²) in [4.78, 5) is 12.3. The zero-order valence-electron chi connectivity index (χ0n) is 14.8. The summed E-state index contributed by atoms with van der Waals surface area (Å²) in [6.07, 6.45) is -2.33. The van der Waals surface area contributed by atoms with Crippen LogP contribution in [0.2, 0.25) is 0 Å². The zero-order chi connectivity index (χ0) is 19.5. The van der Waals surface area contributed by atoms with Crippen LogP contribution < -0.4 is 5.32 Å². The van der Waals surface area contributed by atoms with E-state index in [1.54, 1.807) is 20.8 Å². The molecule has 8 heteroatoms. The maximum absolute atomic E-state index is 13.4. The first-order valence-corrected chi connectivity index (χ1v) is 9.09. The molecule has 0 bridgehead atoms. The molecule has 142 valence electrons. The largest absolute Gasteiger partial charge is 0.433 e. The molecule has 0 aliphatic heterocycles. The molecule has 1 heterocycles. The number of halogens is 4. The van der Waals surface area contributed by atoms with E-state index in [1.807, 2.05) is 24.3 Å². The third-order valence-electron chi connectivity index (χ3n) is 3.95. The van der Waals surface area contributed by atoms with E-state index in [9.17, 15) is 18.0 Å². The molecule has 1 atom stereocenters. The lowest BCUT2D eigenvalue weighted by Gasteiger charge is -2.17. The minimum atomic E-state index is -4.64. The molecule has 0 unspecified atom stereocenters. The molecule has 0 spiro atoms. The molecule has 0 aliphatic rings. The third-order valence-corrected chi connectivity index (χ3v) is 4.48. The van der Waals surface area contributed by atoms with Gasteiger partial charge in [-0.05, 0) is 51.3 Å². The summed E-state index contributed by atoms with van der Waals surface area (Å²) in [7, 11) is 0. The molecule has 0 saturated carbocycles. The molecule has 0 saturated heterocycles. The Hall–Kier alpha value is -1.83. The van der Waals surface area contributed by atoms with E-state index >= 15 is 0 Å². The molecule has 1 aromatic carbocycles. The van der Waals surface area contributed by atoms with Crippen LogP contribution in [0.4, 0.5) is 13.2 Å². The first-order chi connectivity index (χ1) is 12.1. The Balaban J connectivity index is 2.06. The van der Waals surface area contributed by atoms with Gasteiger partial charge in [-0.1, -0.05) is 28.1 Å². The number of hydrogen-bond acceptors (Lipinski definition) is 2. The van der Waals surface area contributed by atoms with E-state index in [0.29, 0.717) is 12.8 Å². The number of aromatic nitrogens is 2. The number of carbonyl (C=O) groups excluding carboxylic acids is 1. The van der Waals surface area contributed by atoms with Crippen LogP contribution in [-0.2, 0) is 12.6 Å². The molecule has 1 amide bonds. The van der Waals surface area contributed by atoms with Crippen molar-refractivity contribution >= 4 is 21.8 Å². The number of amides is 1. The SMILES string of the molecule is CC(C)n1ncc(C(=O)N[C@H](C)CCc2ccc(Br)cc2)c1C(F)(F)F. The van der Waals surface area contributed by atoms with Gasteiger partial charge in [-0.3, -0.25) is 9.48 Å². The molecule has 4 nitrogen and oxygen atoms in total. The van der Waals surface area contributed by atoms with Crippen LogP contribution >= 0.6 is 15.9 Å². The maximum Gasteiger partial charge on any atom is 0.433 e. The average molecular weight is 432 g/mol. The number of benzene rings is 1. The number of nitrogens with one attached hydrogen (secondary N) is 1. The van der Waals surface area contributed by atoms with Gasteiger partial charge in [0, 0.05) is 16.6 Å². The fraction of sp³-hybridized carbons (Fsp3) is 0.444. The highest BCUT2D eigenvalue weighted by molar-refractivity contribution is 9.10. The van der Waals surface area contributed by atoms with Crippen molar-refractivity contribution in [3.63, 3.8) is 0 Å². The first kappa shape index (κ1) is 20.5. The van der Waals surface area contributed by atoms with Gasteiger partial charge in [0.2, 0.25) is 0 Å². The van der Waals surface area contributed by atoms with Crippen LogP contribution in [0.25, 0.3) is 0 Å². The van der Waals surface area contributed by atoms with Gasteiger partial charge in [-0.15, -0.1) is 0 Å². The van der Waals surface area contributed by atoms with Gasteiger partial charge in [-0.25, -0.2) is 0 Å². The van der Waals surface area contributed by atoms with Crippen LogP contribution in [-0.4, -0.2) is 21.7 Å². The summed E-state index contributed by atoms with van der Waals surface area (Å²) in [6, 6.07) is 7.01. The minimum Gasteiger partial charge on any atom is -0.349 e. The Morgan fingerprint density at radius 2 is 1.85 bits per heavy atom. The lowest BCUT2D eigenvalue weighted by atomic mass is 10.1. The van der Waals surface area contributed by atoms with Gasteiger partial charge in [0.05, 0.1) is 11.8 Å². The fourth-order valence-corrected chi connectivity index (χ4v) is 2.87. The number of alkyl halides is 3. The molecule has 2 rings (SSSR count). The Labute approximate surface area is 158 Å². The second kappa shape index (κ2) is 8.24. The molecular formula is C18H21BrF3N3O. The van der Waals surface area contributed by atoms with E-state index < -0.39 is 29.4 Å². The number of rotatable bonds is 6. The normalized spacial score (nSPS) is 13.1. The van der Waals surface area contributed by atoms with Crippen molar-refractivity contribution in [1.82, 2.24) is 15.1 Å². The predicted molar refractivity (Wildman–Crippen MR) is 97.0 cm³/mol. The fourth-order valence-electron chi connectivity index (χ4n) is 2.61. The highest BCUT2D eigenvalue weighted by Gasteiger charge is 2.40. The summed E-state index contributed by atoms with van der Waals surface area (Å²) in [5, 5.41) is 6.38. The Morgan fingerprint density at radius 3 is 2.38 bits per heavy atom. The van der Waals surface area contributed by atoms with Gasteiger partial charge in [0.25, 0.3) is 5.91 Å². The lowest BCUT2D eigenvalue weighted by Crippen LogP contribution is -2.34. The molecule has 0 radical (unpaired) electrons. The van der Waals surface area contributed by atoms with Crippen molar-refractivity contribution in [3.8, 4) is 0 Å². The van der Waals surface area contributed by atoms with E-state index in [-0.39, 0.29) is 6.04 Å². The third kappa shape index (κ3) is 5.09. The van der Waals surface area contributed by atoms with Gasteiger partial charge in [0.1, 0.15) is 0 Å². The minimum absolute atomic E-state index is 0.269.